The fourth-order valence-corrected chi connectivity index (χ4v) is 3.94. The highest BCUT2D eigenvalue weighted by Gasteiger charge is 2.17. The van der Waals surface area contributed by atoms with Gasteiger partial charge < -0.3 is 14.8 Å². The number of carbonyl (C=O) groups is 1. The van der Waals surface area contributed by atoms with Gasteiger partial charge in [0, 0.05) is 17.4 Å². The predicted octanol–water partition coefficient (Wildman–Crippen LogP) is 3.11. The maximum absolute atomic E-state index is 11.8. The third-order valence-electron chi connectivity index (χ3n) is 3.93. The predicted molar refractivity (Wildman–Crippen MR) is 85.5 cm³/mol. The molecular formula is C16H25NO3S. The summed E-state index contributed by atoms with van der Waals surface area (Å²) in [6.45, 7) is 4.21. The van der Waals surface area contributed by atoms with Gasteiger partial charge in [-0.1, -0.05) is 12.8 Å². The molecule has 0 spiro atoms. The Morgan fingerprint density at radius 1 is 1.48 bits per heavy atom. The van der Waals surface area contributed by atoms with Gasteiger partial charge in [-0.15, -0.1) is 11.8 Å². The Morgan fingerprint density at radius 3 is 2.81 bits per heavy atom. The molecule has 0 bridgehead atoms. The standard InChI is InChI=1S/C16H25NO3S/c1-11-9-14(12(2)20-11)15(18)7-8-17-16(19)10-21-13-5-3-4-6-13/h9,13,15,18H,3-8,10H2,1-2H3,(H,17,19)/t15-/m0/s1. The number of amides is 1. The number of rotatable bonds is 7. The van der Waals surface area contributed by atoms with Crippen molar-refractivity contribution in [3.8, 4) is 0 Å². The van der Waals surface area contributed by atoms with Crippen LogP contribution in [0.3, 0.4) is 0 Å². The molecule has 1 fully saturated rings. The molecule has 2 rings (SSSR count). The minimum Gasteiger partial charge on any atom is -0.466 e. The van der Waals surface area contributed by atoms with Crippen molar-refractivity contribution in [2.45, 2.75) is 57.3 Å². The average Bonchev–Trinajstić information content (AvgIpc) is 3.05. The van der Waals surface area contributed by atoms with Crippen LogP contribution >= 0.6 is 11.8 Å². The Hall–Kier alpha value is -0.940. The summed E-state index contributed by atoms with van der Waals surface area (Å²) < 4.78 is 5.41. The number of hydrogen-bond acceptors (Lipinski definition) is 4. The molecule has 0 unspecified atom stereocenters. The van der Waals surface area contributed by atoms with Crippen molar-refractivity contribution in [2.24, 2.45) is 0 Å². The van der Waals surface area contributed by atoms with Crippen LogP contribution in [0.5, 0.6) is 0 Å². The first-order valence-electron chi connectivity index (χ1n) is 7.69. The van der Waals surface area contributed by atoms with Gasteiger partial charge in [-0.05, 0) is 39.2 Å². The van der Waals surface area contributed by atoms with Crippen LogP contribution < -0.4 is 5.32 Å². The first kappa shape index (κ1) is 16.4. The molecule has 1 aromatic rings. The Bertz CT molecular complexity index is 466. The molecule has 0 saturated heterocycles. The highest BCUT2D eigenvalue weighted by molar-refractivity contribution is 8.00. The van der Waals surface area contributed by atoms with E-state index in [-0.39, 0.29) is 5.91 Å². The summed E-state index contributed by atoms with van der Waals surface area (Å²) in [5, 5.41) is 13.7. The van der Waals surface area contributed by atoms with Crippen LogP contribution in [0.1, 0.15) is 55.3 Å². The highest BCUT2D eigenvalue weighted by atomic mass is 32.2. The normalized spacial score (nSPS) is 17.1. The lowest BCUT2D eigenvalue weighted by molar-refractivity contribution is -0.118. The van der Waals surface area contributed by atoms with Crippen molar-refractivity contribution in [3.05, 3.63) is 23.2 Å². The Balaban J connectivity index is 1.64. The second kappa shape index (κ2) is 7.90. The first-order chi connectivity index (χ1) is 10.1. The summed E-state index contributed by atoms with van der Waals surface area (Å²) in [7, 11) is 0. The van der Waals surface area contributed by atoms with E-state index < -0.39 is 6.10 Å². The third-order valence-corrected chi connectivity index (χ3v) is 5.30. The second-order valence-electron chi connectivity index (χ2n) is 5.74. The maximum Gasteiger partial charge on any atom is 0.230 e. The Labute approximate surface area is 130 Å². The van der Waals surface area contributed by atoms with Gasteiger partial charge in [0.2, 0.25) is 5.91 Å². The van der Waals surface area contributed by atoms with Gasteiger partial charge in [-0.3, -0.25) is 4.79 Å². The molecule has 2 N–H and O–H groups in total. The van der Waals surface area contributed by atoms with Crippen LogP contribution in [0.4, 0.5) is 0 Å². The molecule has 1 aromatic heterocycles. The molecule has 1 amide bonds. The quantitative estimate of drug-likeness (QED) is 0.812. The number of furan rings is 1. The summed E-state index contributed by atoms with van der Waals surface area (Å²) in [5.74, 6) is 2.16. The summed E-state index contributed by atoms with van der Waals surface area (Å²) in [6.07, 6.45) is 5.03. The van der Waals surface area contributed by atoms with E-state index in [2.05, 4.69) is 5.32 Å². The van der Waals surface area contributed by atoms with Gasteiger partial charge in [-0.25, -0.2) is 0 Å². The van der Waals surface area contributed by atoms with Crippen LogP contribution in [0.15, 0.2) is 10.5 Å². The lowest BCUT2D eigenvalue weighted by atomic mass is 10.1. The van der Waals surface area contributed by atoms with Gasteiger partial charge >= 0.3 is 0 Å². The topological polar surface area (TPSA) is 62.5 Å². The molecular weight excluding hydrogens is 286 g/mol. The molecule has 4 nitrogen and oxygen atoms in total. The highest BCUT2D eigenvalue weighted by Crippen LogP contribution is 2.29. The SMILES string of the molecule is Cc1cc([C@@H](O)CCNC(=O)CSC2CCCC2)c(C)o1. The number of aliphatic hydroxyl groups excluding tert-OH is 1. The molecule has 1 atom stereocenters. The lowest BCUT2D eigenvalue weighted by Crippen LogP contribution is -2.27. The number of aryl methyl sites for hydroxylation is 2. The largest absolute Gasteiger partial charge is 0.466 e. The molecule has 1 saturated carbocycles. The van der Waals surface area contributed by atoms with Gasteiger partial charge in [-0.2, -0.15) is 0 Å². The summed E-state index contributed by atoms with van der Waals surface area (Å²) >= 11 is 1.76. The molecule has 21 heavy (non-hydrogen) atoms. The monoisotopic (exact) mass is 311 g/mol. The molecule has 1 aliphatic rings. The third kappa shape index (κ3) is 5.08. The molecule has 0 aliphatic heterocycles. The van der Waals surface area contributed by atoms with Gasteiger partial charge in [0.05, 0.1) is 11.9 Å². The van der Waals surface area contributed by atoms with Crippen LogP contribution in [0.25, 0.3) is 0 Å². The molecule has 5 heteroatoms. The summed E-state index contributed by atoms with van der Waals surface area (Å²) in [4.78, 5) is 11.8. The van der Waals surface area contributed by atoms with Crippen molar-refractivity contribution in [1.29, 1.82) is 0 Å². The van der Waals surface area contributed by atoms with E-state index in [4.69, 9.17) is 4.42 Å². The lowest BCUT2D eigenvalue weighted by Gasteiger charge is -2.11. The molecule has 1 aliphatic carbocycles. The van der Waals surface area contributed by atoms with Crippen molar-refractivity contribution >= 4 is 17.7 Å². The summed E-state index contributed by atoms with van der Waals surface area (Å²) in [5.41, 5.74) is 0.821. The zero-order valence-corrected chi connectivity index (χ0v) is 13.7. The second-order valence-corrected chi connectivity index (χ2v) is 7.03. The van der Waals surface area contributed by atoms with Crippen molar-refractivity contribution in [3.63, 3.8) is 0 Å². The molecule has 118 valence electrons. The zero-order valence-electron chi connectivity index (χ0n) is 12.9. The minimum atomic E-state index is -0.578. The van der Waals surface area contributed by atoms with Gasteiger partial charge in [0.1, 0.15) is 11.5 Å². The number of nitrogens with one attached hydrogen (secondary N) is 1. The molecule has 1 heterocycles. The van der Waals surface area contributed by atoms with Crippen LogP contribution in [0.2, 0.25) is 0 Å². The Kier molecular flexibility index (Phi) is 6.18. The van der Waals surface area contributed by atoms with E-state index in [0.717, 1.165) is 17.1 Å². The fraction of sp³-hybridized carbons (Fsp3) is 0.688. The van der Waals surface area contributed by atoms with Crippen molar-refractivity contribution in [1.82, 2.24) is 5.32 Å². The van der Waals surface area contributed by atoms with E-state index >= 15 is 0 Å². The maximum atomic E-state index is 11.8. The van der Waals surface area contributed by atoms with E-state index in [9.17, 15) is 9.90 Å². The van der Waals surface area contributed by atoms with E-state index in [1.807, 2.05) is 19.9 Å². The Morgan fingerprint density at radius 2 is 2.19 bits per heavy atom. The van der Waals surface area contributed by atoms with Crippen LogP contribution in [-0.4, -0.2) is 28.6 Å². The van der Waals surface area contributed by atoms with Crippen LogP contribution in [-0.2, 0) is 4.79 Å². The minimum absolute atomic E-state index is 0.0687. The number of hydrogen-bond donors (Lipinski definition) is 2. The molecule has 0 radical (unpaired) electrons. The van der Waals surface area contributed by atoms with E-state index in [1.54, 1.807) is 11.8 Å². The van der Waals surface area contributed by atoms with E-state index in [1.165, 1.54) is 25.7 Å². The van der Waals surface area contributed by atoms with Gasteiger partial charge in [0.15, 0.2) is 0 Å². The molecule has 0 aromatic carbocycles. The van der Waals surface area contributed by atoms with Crippen molar-refractivity contribution < 1.29 is 14.3 Å². The number of thioether (sulfide) groups is 1. The van der Waals surface area contributed by atoms with E-state index in [0.29, 0.717) is 24.0 Å². The zero-order chi connectivity index (χ0) is 15.2. The summed E-state index contributed by atoms with van der Waals surface area (Å²) in [6, 6.07) is 1.86. The van der Waals surface area contributed by atoms with Crippen molar-refractivity contribution in [2.75, 3.05) is 12.3 Å². The average molecular weight is 311 g/mol. The van der Waals surface area contributed by atoms with Gasteiger partial charge in [0.25, 0.3) is 0 Å². The first-order valence-corrected chi connectivity index (χ1v) is 8.74. The number of aliphatic hydroxyl groups is 1. The van der Waals surface area contributed by atoms with Crippen LogP contribution in [0, 0.1) is 13.8 Å². The fourth-order valence-electron chi connectivity index (χ4n) is 2.78. The smallest absolute Gasteiger partial charge is 0.230 e. The number of carbonyl (C=O) groups excluding carboxylic acids is 1.